The lowest BCUT2D eigenvalue weighted by atomic mass is 10.1. The van der Waals surface area contributed by atoms with Crippen LogP contribution in [0.5, 0.6) is 11.5 Å². The van der Waals surface area contributed by atoms with Crippen molar-refractivity contribution in [3.63, 3.8) is 0 Å². The van der Waals surface area contributed by atoms with Crippen molar-refractivity contribution in [1.82, 2.24) is 4.90 Å². The zero-order valence-electron chi connectivity index (χ0n) is 16.2. The van der Waals surface area contributed by atoms with Crippen LogP contribution in [-0.4, -0.2) is 44.6 Å². The second-order valence-electron chi connectivity index (χ2n) is 7.03. The maximum atomic E-state index is 12.9. The van der Waals surface area contributed by atoms with Gasteiger partial charge in [-0.3, -0.25) is 9.10 Å². The van der Waals surface area contributed by atoms with E-state index in [0.29, 0.717) is 30.3 Å². The topological polar surface area (TPSA) is 66.9 Å². The normalized spacial score (nSPS) is 15.7. The molecular weight excluding hydrogens is 376 g/mol. The molecular formula is C21H26N2O4S. The Bertz CT molecular complexity index is 892. The number of nitrogens with zero attached hydrogens (tertiary/aromatic N) is 2. The first-order valence-electron chi connectivity index (χ1n) is 9.47. The van der Waals surface area contributed by atoms with Gasteiger partial charge in [0.15, 0.2) is 0 Å². The quantitative estimate of drug-likeness (QED) is 0.740. The van der Waals surface area contributed by atoms with Crippen LogP contribution in [-0.2, 0) is 14.8 Å². The molecule has 0 spiro atoms. The van der Waals surface area contributed by atoms with Crippen LogP contribution >= 0.6 is 0 Å². The van der Waals surface area contributed by atoms with Crippen molar-refractivity contribution >= 4 is 21.6 Å². The van der Waals surface area contributed by atoms with Crippen LogP contribution < -0.4 is 9.04 Å². The average molecular weight is 403 g/mol. The van der Waals surface area contributed by atoms with E-state index in [1.54, 1.807) is 36.1 Å². The van der Waals surface area contributed by atoms with Crippen LogP contribution in [0.1, 0.15) is 26.2 Å². The summed E-state index contributed by atoms with van der Waals surface area (Å²) in [4.78, 5) is 14.6. The van der Waals surface area contributed by atoms with Gasteiger partial charge in [-0.25, -0.2) is 8.42 Å². The smallest absolute Gasteiger partial charge is 0.246 e. The Morgan fingerprint density at radius 1 is 0.964 bits per heavy atom. The van der Waals surface area contributed by atoms with Crippen molar-refractivity contribution in [1.29, 1.82) is 0 Å². The number of likely N-dealkylation sites (tertiary alicyclic amines) is 1. The van der Waals surface area contributed by atoms with Gasteiger partial charge in [0.1, 0.15) is 17.5 Å². The van der Waals surface area contributed by atoms with E-state index in [1.165, 1.54) is 4.31 Å². The molecule has 1 aliphatic heterocycles. The molecule has 2 aromatic rings. The maximum absolute atomic E-state index is 12.9. The van der Waals surface area contributed by atoms with Gasteiger partial charge in [0.2, 0.25) is 15.9 Å². The molecule has 1 saturated heterocycles. The van der Waals surface area contributed by atoms with Gasteiger partial charge in [-0.1, -0.05) is 18.2 Å². The number of rotatable bonds is 6. The second kappa shape index (κ2) is 8.65. The van der Waals surface area contributed by atoms with Gasteiger partial charge in [-0.05, 0) is 62.6 Å². The molecule has 7 heteroatoms. The summed E-state index contributed by atoms with van der Waals surface area (Å²) < 4.78 is 31.9. The maximum Gasteiger partial charge on any atom is 0.246 e. The fraction of sp³-hybridized carbons (Fsp3) is 0.381. The fourth-order valence-electron chi connectivity index (χ4n) is 3.47. The first kappa shape index (κ1) is 20.2. The largest absolute Gasteiger partial charge is 0.457 e. The van der Waals surface area contributed by atoms with E-state index in [1.807, 2.05) is 30.3 Å². The number of amides is 1. The molecule has 0 saturated carbocycles. The van der Waals surface area contributed by atoms with Crippen molar-refractivity contribution < 1.29 is 17.9 Å². The predicted molar refractivity (Wildman–Crippen MR) is 110 cm³/mol. The highest BCUT2D eigenvalue weighted by Crippen LogP contribution is 2.27. The third-order valence-corrected chi connectivity index (χ3v) is 6.05. The third kappa shape index (κ3) is 4.84. The van der Waals surface area contributed by atoms with Crippen molar-refractivity contribution in [3.8, 4) is 11.5 Å². The summed E-state index contributed by atoms with van der Waals surface area (Å²) in [5, 5.41) is 0. The number of anilines is 1. The van der Waals surface area contributed by atoms with E-state index < -0.39 is 16.1 Å². The Balaban J connectivity index is 1.80. The molecule has 1 heterocycles. The summed E-state index contributed by atoms with van der Waals surface area (Å²) in [6.45, 7) is 3.02. The molecule has 1 amide bonds. The summed E-state index contributed by atoms with van der Waals surface area (Å²) in [5.41, 5.74) is 0.445. The lowest BCUT2D eigenvalue weighted by Crippen LogP contribution is -2.50. The molecule has 0 aromatic heterocycles. The molecule has 0 radical (unpaired) electrons. The number of para-hydroxylation sites is 1. The van der Waals surface area contributed by atoms with Crippen LogP contribution in [0.2, 0.25) is 0 Å². The summed E-state index contributed by atoms with van der Waals surface area (Å²) in [6, 6.07) is 15.3. The van der Waals surface area contributed by atoms with E-state index >= 15 is 0 Å². The van der Waals surface area contributed by atoms with Crippen LogP contribution in [0.4, 0.5) is 5.69 Å². The Morgan fingerprint density at radius 3 is 2.11 bits per heavy atom. The van der Waals surface area contributed by atoms with Crippen molar-refractivity contribution in [2.45, 2.75) is 32.2 Å². The number of piperidine rings is 1. The lowest BCUT2D eigenvalue weighted by molar-refractivity contribution is -0.132. The monoisotopic (exact) mass is 402 g/mol. The minimum atomic E-state index is -3.63. The first-order valence-corrected chi connectivity index (χ1v) is 11.3. The van der Waals surface area contributed by atoms with Crippen molar-refractivity contribution in [3.05, 3.63) is 54.6 Å². The fourth-order valence-corrected chi connectivity index (χ4v) is 4.64. The van der Waals surface area contributed by atoms with Crippen molar-refractivity contribution in [2.75, 3.05) is 23.7 Å². The van der Waals surface area contributed by atoms with Gasteiger partial charge < -0.3 is 9.64 Å². The van der Waals surface area contributed by atoms with Gasteiger partial charge in [-0.2, -0.15) is 0 Å². The number of sulfonamides is 1. The highest BCUT2D eigenvalue weighted by molar-refractivity contribution is 7.92. The minimum absolute atomic E-state index is 0.158. The molecule has 150 valence electrons. The van der Waals surface area contributed by atoms with Crippen LogP contribution in [0.25, 0.3) is 0 Å². The zero-order valence-corrected chi connectivity index (χ0v) is 17.1. The molecule has 0 N–H and O–H groups in total. The molecule has 0 aliphatic carbocycles. The molecule has 1 atom stereocenters. The Labute approximate surface area is 166 Å². The van der Waals surface area contributed by atoms with E-state index in [2.05, 4.69) is 0 Å². The lowest BCUT2D eigenvalue weighted by Gasteiger charge is -2.34. The number of hydrogen-bond donors (Lipinski definition) is 0. The number of benzene rings is 2. The number of carbonyl (C=O) groups excluding carboxylic acids is 1. The molecule has 2 aromatic carbocycles. The van der Waals surface area contributed by atoms with Gasteiger partial charge in [-0.15, -0.1) is 0 Å². The van der Waals surface area contributed by atoms with E-state index in [4.69, 9.17) is 4.74 Å². The highest BCUT2D eigenvalue weighted by Gasteiger charge is 2.32. The predicted octanol–water partition coefficient (Wildman–Crippen LogP) is 3.65. The minimum Gasteiger partial charge on any atom is -0.457 e. The molecule has 28 heavy (non-hydrogen) atoms. The van der Waals surface area contributed by atoms with E-state index in [-0.39, 0.29) is 5.91 Å². The van der Waals surface area contributed by atoms with Crippen LogP contribution in [0.3, 0.4) is 0 Å². The molecule has 0 bridgehead atoms. The molecule has 3 rings (SSSR count). The SMILES string of the molecule is C[C@@H](C(=O)N1CCCCC1)N(c1ccc(Oc2ccccc2)cc1)S(C)(=O)=O. The van der Waals surface area contributed by atoms with Gasteiger partial charge in [0.05, 0.1) is 11.9 Å². The Kier molecular flexibility index (Phi) is 6.24. The first-order chi connectivity index (χ1) is 13.4. The molecule has 1 aliphatic rings. The van der Waals surface area contributed by atoms with Crippen LogP contribution in [0.15, 0.2) is 54.6 Å². The number of ether oxygens (including phenoxy) is 1. The standard InChI is InChI=1S/C21H26N2O4S/c1-17(21(24)22-15-7-4-8-16-22)23(28(2,25)26)18-11-13-20(14-12-18)27-19-9-5-3-6-10-19/h3,5-6,9-14,17H,4,7-8,15-16H2,1-2H3/t17-/m0/s1. The van der Waals surface area contributed by atoms with Gasteiger partial charge in [0, 0.05) is 13.1 Å². The average Bonchev–Trinajstić information content (AvgIpc) is 2.69. The molecule has 0 unspecified atom stereocenters. The zero-order chi connectivity index (χ0) is 20.1. The van der Waals surface area contributed by atoms with Crippen molar-refractivity contribution in [2.24, 2.45) is 0 Å². The van der Waals surface area contributed by atoms with E-state index in [9.17, 15) is 13.2 Å². The Hall–Kier alpha value is -2.54. The van der Waals surface area contributed by atoms with Crippen LogP contribution in [0, 0.1) is 0 Å². The number of carbonyl (C=O) groups is 1. The Morgan fingerprint density at radius 2 is 1.54 bits per heavy atom. The summed E-state index contributed by atoms with van der Waals surface area (Å²) in [5.74, 6) is 1.14. The van der Waals surface area contributed by atoms with E-state index in [0.717, 1.165) is 25.5 Å². The summed E-state index contributed by atoms with van der Waals surface area (Å²) in [6.07, 6.45) is 4.16. The number of hydrogen-bond acceptors (Lipinski definition) is 4. The second-order valence-corrected chi connectivity index (χ2v) is 8.89. The highest BCUT2D eigenvalue weighted by atomic mass is 32.2. The summed E-state index contributed by atoms with van der Waals surface area (Å²) >= 11 is 0. The summed E-state index contributed by atoms with van der Waals surface area (Å²) in [7, 11) is -3.63. The van der Waals surface area contributed by atoms with Gasteiger partial charge in [0.25, 0.3) is 0 Å². The molecule has 6 nitrogen and oxygen atoms in total. The third-order valence-electron chi connectivity index (χ3n) is 4.80. The van der Waals surface area contributed by atoms with Gasteiger partial charge >= 0.3 is 0 Å². The molecule has 1 fully saturated rings.